The van der Waals surface area contributed by atoms with Crippen LogP contribution in [0, 0.1) is 5.92 Å². The van der Waals surface area contributed by atoms with E-state index in [9.17, 15) is 9.90 Å². The normalized spacial score (nSPS) is 25.4. The highest BCUT2D eigenvalue weighted by Gasteiger charge is 2.44. The lowest BCUT2D eigenvalue weighted by molar-refractivity contribution is -0.137. The standard InChI is InChI=1S/C27H34ClNO4/c1-27(12-9-23(30)10-13-27)29-14-11-22(26(29)31)17-21-7-8-24(18-25(21)28)33-16-15-32-19-20-5-3-2-4-6-20/h2-8,18,22-23,30H,9-17,19H2,1H3. The smallest absolute Gasteiger partial charge is 0.226 e. The molecular weight excluding hydrogens is 438 g/mol. The maximum atomic E-state index is 13.2. The fourth-order valence-electron chi connectivity index (χ4n) is 4.99. The van der Waals surface area contributed by atoms with E-state index >= 15 is 0 Å². The van der Waals surface area contributed by atoms with Crippen molar-refractivity contribution in [3.8, 4) is 5.75 Å². The molecule has 1 amide bonds. The number of likely N-dealkylation sites (tertiary alicyclic amines) is 1. The maximum Gasteiger partial charge on any atom is 0.226 e. The van der Waals surface area contributed by atoms with Gasteiger partial charge in [0.2, 0.25) is 5.91 Å². The third-order valence-electron chi connectivity index (χ3n) is 7.10. The summed E-state index contributed by atoms with van der Waals surface area (Å²) in [6, 6.07) is 15.8. The summed E-state index contributed by atoms with van der Waals surface area (Å²) >= 11 is 6.54. The first-order valence-electron chi connectivity index (χ1n) is 12.0. The van der Waals surface area contributed by atoms with E-state index in [1.54, 1.807) is 0 Å². The number of ether oxygens (including phenoxy) is 2. The van der Waals surface area contributed by atoms with Gasteiger partial charge in [0.15, 0.2) is 0 Å². The Hall–Kier alpha value is -2.08. The number of benzene rings is 2. The third kappa shape index (κ3) is 6.08. The number of aliphatic hydroxyl groups excluding tert-OH is 1. The molecule has 1 aliphatic heterocycles. The van der Waals surface area contributed by atoms with E-state index in [0.717, 1.165) is 49.8 Å². The van der Waals surface area contributed by atoms with Crippen LogP contribution in [0.25, 0.3) is 0 Å². The van der Waals surface area contributed by atoms with Gasteiger partial charge in [-0.05, 0) is 68.7 Å². The lowest BCUT2D eigenvalue weighted by Crippen LogP contribution is -2.50. The Bertz CT molecular complexity index is 927. The van der Waals surface area contributed by atoms with E-state index in [-0.39, 0.29) is 23.5 Å². The maximum absolute atomic E-state index is 13.2. The van der Waals surface area contributed by atoms with Crippen molar-refractivity contribution in [1.82, 2.24) is 4.90 Å². The van der Waals surface area contributed by atoms with E-state index < -0.39 is 0 Å². The van der Waals surface area contributed by atoms with E-state index in [1.165, 1.54) is 0 Å². The Kier molecular flexibility index (Phi) is 7.94. The fourth-order valence-corrected chi connectivity index (χ4v) is 5.24. The molecule has 1 unspecified atom stereocenters. The highest BCUT2D eigenvalue weighted by molar-refractivity contribution is 6.31. The van der Waals surface area contributed by atoms with Gasteiger partial charge >= 0.3 is 0 Å². The highest BCUT2D eigenvalue weighted by atomic mass is 35.5. The molecule has 4 rings (SSSR count). The number of rotatable bonds is 9. The molecule has 1 saturated carbocycles. The van der Waals surface area contributed by atoms with Crippen LogP contribution in [0.15, 0.2) is 48.5 Å². The second-order valence-corrected chi connectivity index (χ2v) is 9.95. The van der Waals surface area contributed by atoms with Gasteiger partial charge in [-0.15, -0.1) is 0 Å². The highest BCUT2D eigenvalue weighted by Crippen LogP contribution is 2.38. The van der Waals surface area contributed by atoms with Gasteiger partial charge in [-0.1, -0.05) is 48.0 Å². The van der Waals surface area contributed by atoms with Crippen molar-refractivity contribution in [2.75, 3.05) is 19.8 Å². The molecule has 0 spiro atoms. The molecule has 178 valence electrons. The van der Waals surface area contributed by atoms with Crippen molar-refractivity contribution in [1.29, 1.82) is 0 Å². The van der Waals surface area contributed by atoms with Crippen molar-refractivity contribution in [2.24, 2.45) is 5.92 Å². The summed E-state index contributed by atoms with van der Waals surface area (Å²) in [5, 5.41) is 10.5. The molecule has 33 heavy (non-hydrogen) atoms. The Morgan fingerprint density at radius 2 is 1.85 bits per heavy atom. The zero-order valence-corrected chi connectivity index (χ0v) is 20.1. The van der Waals surface area contributed by atoms with Gasteiger partial charge in [0.25, 0.3) is 0 Å². The van der Waals surface area contributed by atoms with E-state index in [4.69, 9.17) is 21.1 Å². The van der Waals surface area contributed by atoms with E-state index in [1.807, 2.05) is 48.5 Å². The van der Waals surface area contributed by atoms with Crippen molar-refractivity contribution in [2.45, 2.75) is 63.7 Å². The van der Waals surface area contributed by atoms with E-state index in [0.29, 0.717) is 37.0 Å². The van der Waals surface area contributed by atoms with Crippen molar-refractivity contribution in [3.63, 3.8) is 0 Å². The van der Waals surface area contributed by atoms with Crippen LogP contribution in [0.4, 0.5) is 0 Å². The minimum absolute atomic E-state index is 0.0377. The number of carbonyl (C=O) groups is 1. The quantitative estimate of drug-likeness (QED) is 0.521. The molecule has 1 aliphatic carbocycles. The van der Waals surface area contributed by atoms with Gasteiger partial charge < -0.3 is 19.5 Å². The monoisotopic (exact) mass is 471 g/mol. The Morgan fingerprint density at radius 3 is 2.58 bits per heavy atom. The molecular formula is C27H34ClNO4. The number of halogens is 1. The average Bonchev–Trinajstić information content (AvgIpc) is 3.19. The summed E-state index contributed by atoms with van der Waals surface area (Å²) in [5.74, 6) is 0.893. The van der Waals surface area contributed by atoms with Crippen LogP contribution in [0.2, 0.25) is 5.02 Å². The molecule has 2 aliphatic rings. The number of hydrogen-bond donors (Lipinski definition) is 1. The minimum atomic E-state index is -0.221. The summed E-state index contributed by atoms with van der Waals surface area (Å²) in [6.07, 6.45) is 4.56. The molecule has 5 nitrogen and oxygen atoms in total. The van der Waals surface area contributed by atoms with Gasteiger partial charge in [0.05, 0.1) is 19.3 Å². The molecule has 1 N–H and O–H groups in total. The van der Waals surface area contributed by atoms with Gasteiger partial charge in [-0.3, -0.25) is 4.79 Å². The van der Waals surface area contributed by atoms with Crippen LogP contribution in [-0.2, 0) is 22.6 Å². The number of amides is 1. The van der Waals surface area contributed by atoms with Gasteiger partial charge in [0.1, 0.15) is 12.4 Å². The SMILES string of the molecule is CC1(N2CCC(Cc3ccc(OCCOCc4ccccc4)cc3Cl)C2=O)CCC(O)CC1. The molecule has 1 heterocycles. The molecule has 0 bridgehead atoms. The van der Waals surface area contributed by atoms with Crippen LogP contribution < -0.4 is 4.74 Å². The summed E-state index contributed by atoms with van der Waals surface area (Å²) in [7, 11) is 0. The molecule has 1 atom stereocenters. The molecule has 2 aromatic rings. The van der Waals surface area contributed by atoms with Gasteiger partial charge in [0, 0.05) is 23.0 Å². The Balaban J connectivity index is 1.25. The number of hydrogen-bond acceptors (Lipinski definition) is 4. The molecule has 0 radical (unpaired) electrons. The zero-order valence-electron chi connectivity index (χ0n) is 19.3. The van der Waals surface area contributed by atoms with Crippen molar-refractivity contribution < 1.29 is 19.4 Å². The first-order valence-corrected chi connectivity index (χ1v) is 12.3. The second kappa shape index (κ2) is 10.9. The van der Waals surface area contributed by atoms with Crippen LogP contribution in [-0.4, -0.2) is 47.3 Å². The molecule has 0 aromatic heterocycles. The predicted octanol–water partition coefficient (Wildman–Crippen LogP) is 5.02. The summed E-state index contributed by atoms with van der Waals surface area (Å²) in [5.41, 5.74) is 1.99. The lowest BCUT2D eigenvalue weighted by atomic mass is 9.80. The fraction of sp³-hybridized carbons (Fsp3) is 0.519. The third-order valence-corrected chi connectivity index (χ3v) is 7.45. The Labute approximate surface area is 201 Å². The first-order chi connectivity index (χ1) is 15.9. The van der Waals surface area contributed by atoms with Crippen molar-refractivity contribution >= 4 is 17.5 Å². The van der Waals surface area contributed by atoms with Crippen LogP contribution in [0.1, 0.15) is 50.2 Å². The van der Waals surface area contributed by atoms with Crippen LogP contribution in [0.3, 0.4) is 0 Å². The first kappa shape index (κ1) is 24.1. The van der Waals surface area contributed by atoms with Crippen LogP contribution in [0.5, 0.6) is 5.75 Å². The molecule has 2 fully saturated rings. The largest absolute Gasteiger partial charge is 0.491 e. The second-order valence-electron chi connectivity index (χ2n) is 9.55. The Morgan fingerprint density at radius 1 is 1.09 bits per heavy atom. The zero-order chi connectivity index (χ0) is 23.3. The summed E-state index contributed by atoms with van der Waals surface area (Å²) < 4.78 is 11.4. The van der Waals surface area contributed by atoms with Crippen LogP contribution >= 0.6 is 11.6 Å². The average molecular weight is 472 g/mol. The van der Waals surface area contributed by atoms with Crippen molar-refractivity contribution in [3.05, 3.63) is 64.7 Å². The molecule has 1 saturated heterocycles. The summed E-state index contributed by atoms with van der Waals surface area (Å²) in [4.78, 5) is 15.2. The predicted molar refractivity (Wildman–Crippen MR) is 129 cm³/mol. The molecule has 6 heteroatoms. The van der Waals surface area contributed by atoms with E-state index in [2.05, 4.69) is 11.8 Å². The number of carbonyl (C=O) groups excluding carboxylic acids is 1. The molecule has 2 aromatic carbocycles. The number of aliphatic hydroxyl groups is 1. The summed E-state index contributed by atoms with van der Waals surface area (Å²) in [6.45, 7) is 4.47. The minimum Gasteiger partial charge on any atom is -0.491 e. The van der Waals surface area contributed by atoms with Gasteiger partial charge in [-0.25, -0.2) is 0 Å². The lowest BCUT2D eigenvalue weighted by Gasteiger charge is -2.43. The topological polar surface area (TPSA) is 59.0 Å². The van der Waals surface area contributed by atoms with Gasteiger partial charge in [-0.2, -0.15) is 0 Å². The number of nitrogens with zero attached hydrogens (tertiary/aromatic N) is 1.